The zero-order valence-corrected chi connectivity index (χ0v) is 41.1. The first-order chi connectivity index (χ1) is 34.6. The maximum Gasteiger partial charge on any atom is 0.257 e. The number of rotatable bonds is 10. The standard InChI is InChI=1S/C54H59F3N10O5/c1-32-25-35(26-39(55)48(32)34-10-17-63(18-11-34)33(2)45-28-37-42(9-16-59-49(37)61(45)4)66-30-40(56)41(58-3)29-47(66)69)51(71)65-19-14-53(57,15-20-65)31-62-21-23-64(24-22-62)36-5-6-43-38(27-36)54(12-13-54)52(72)67(43)44-7-8-46(68)60-50(44)70/h5-6,9-10,16,25-30,33,44,58H,7-8,11-15,17-24,31H2,1-4H3,(H,60,68,70)/t33-,44?/m0/s1. The number of imide groups is 1. The van der Waals surface area contributed by atoms with E-state index in [2.05, 4.69) is 43.3 Å². The first kappa shape index (κ1) is 47.5. The molecule has 4 amide bonds. The molecule has 1 aliphatic carbocycles. The Labute approximate surface area is 415 Å². The fourth-order valence-electron chi connectivity index (χ4n) is 12.1. The molecule has 18 heteroatoms. The van der Waals surface area contributed by atoms with Crippen molar-refractivity contribution in [1.29, 1.82) is 0 Å². The molecule has 11 rings (SSSR count). The van der Waals surface area contributed by atoms with Gasteiger partial charge in [-0.1, -0.05) is 6.08 Å². The van der Waals surface area contributed by atoms with Gasteiger partial charge in [0.05, 0.1) is 23.0 Å². The number of fused-ring (bicyclic) bond motifs is 3. The normalized spacial score (nSPS) is 21.5. The van der Waals surface area contributed by atoms with E-state index in [-0.39, 0.29) is 79.5 Å². The minimum absolute atomic E-state index is 0.0626. The molecule has 1 spiro atoms. The van der Waals surface area contributed by atoms with Gasteiger partial charge in [-0.2, -0.15) is 0 Å². The number of pyridine rings is 2. The summed E-state index contributed by atoms with van der Waals surface area (Å²) in [5.41, 5.74) is 4.77. The van der Waals surface area contributed by atoms with E-state index in [0.29, 0.717) is 80.0 Å². The SMILES string of the molecule is CNc1cc(=O)n(-c2ccnc3c2cc([C@H](C)N2CC=C(c4c(C)cc(C(=O)N5CCC(F)(CN6CCN(c7ccc8c(c7)C7(CC7)C(=O)N8C7CCC(=O)NC7=O)CC6)CC5)cc4F)CC2)n3C)cc1F. The molecule has 5 aliphatic heterocycles. The van der Waals surface area contributed by atoms with Gasteiger partial charge < -0.3 is 19.7 Å². The van der Waals surface area contributed by atoms with Crippen molar-refractivity contribution in [2.75, 3.05) is 81.1 Å². The number of alkyl halides is 1. The molecular formula is C54H59F3N10O5. The molecule has 2 atom stereocenters. The van der Waals surface area contributed by atoms with Crippen LogP contribution in [-0.2, 0) is 26.8 Å². The lowest BCUT2D eigenvalue weighted by Crippen LogP contribution is -2.54. The van der Waals surface area contributed by atoms with Gasteiger partial charge >= 0.3 is 0 Å². The Kier molecular flexibility index (Phi) is 11.9. The number of hydrogen-bond donors (Lipinski definition) is 2. The number of anilines is 3. The quantitative estimate of drug-likeness (QED) is 0.156. The van der Waals surface area contributed by atoms with Crippen molar-refractivity contribution >= 4 is 57.3 Å². The summed E-state index contributed by atoms with van der Waals surface area (Å²) in [6.45, 7) is 8.51. The largest absolute Gasteiger partial charge is 0.386 e. The molecule has 8 heterocycles. The first-order valence-electron chi connectivity index (χ1n) is 25.1. The Balaban J connectivity index is 0.690. The first-order valence-corrected chi connectivity index (χ1v) is 25.1. The molecular weight excluding hydrogens is 926 g/mol. The van der Waals surface area contributed by atoms with Crippen LogP contribution in [0.3, 0.4) is 0 Å². The lowest BCUT2D eigenvalue weighted by molar-refractivity contribution is -0.135. The van der Waals surface area contributed by atoms with Gasteiger partial charge in [0.2, 0.25) is 17.7 Å². The van der Waals surface area contributed by atoms with E-state index in [0.717, 1.165) is 41.0 Å². The Bertz CT molecular complexity index is 3140. The maximum absolute atomic E-state index is 16.5. The number of nitrogens with zero attached hydrogens (tertiary/aromatic N) is 8. The molecule has 6 aliphatic rings. The fraction of sp³-hybridized carbons (Fsp3) is 0.444. The van der Waals surface area contributed by atoms with Crippen LogP contribution in [-0.4, -0.2) is 130 Å². The average molecular weight is 985 g/mol. The highest BCUT2D eigenvalue weighted by Crippen LogP contribution is 2.59. The van der Waals surface area contributed by atoms with Gasteiger partial charge in [0.25, 0.3) is 11.5 Å². The summed E-state index contributed by atoms with van der Waals surface area (Å²) in [7, 11) is 3.48. The summed E-state index contributed by atoms with van der Waals surface area (Å²) in [6, 6.07) is 13.2. The number of halogens is 3. The third-order valence-corrected chi connectivity index (χ3v) is 16.4. The van der Waals surface area contributed by atoms with Crippen molar-refractivity contribution in [1.82, 2.24) is 34.1 Å². The zero-order chi connectivity index (χ0) is 50.4. The third kappa shape index (κ3) is 8.15. The van der Waals surface area contributed by atoms with Crippen LogP contribution in [0.2, 0.25) is 0 Å². The van der Waals surface area contributed by atoms with Crippen LogP contribution in [0.15, 0.2) is 71.8 Å². The van der Waals surface area contributed by atoms with Gasteiger partial charge in [-0.25, -0.2) is 18.2 Å². The number of aryl methyl sites for hydroxylation is 2. The number of aromatic nitrogens is 3. The van der Waals surface area contributed by atoms with Crippen LogP contribution in [0, 0.1) is 18.6 Å². The Morgan fingerprint density at radius 3 is 2.35 bits per heavy atom. The van der Waals surface area contributed by atoms with Crippen molar-refractivity contribution in [3.63, 3.8) is 0 Å². The highest BCUT2D eigenvalue weighted by Gasteiger charge is 2.61. The topological polar surface area (TPSA) is 148 Å². The number of piperazine rings is 1. The summed E-state index contributed by atoms with van der Waals surface area (Å²) in [5, 5.41) is 5.81. The summed E-state index contributed by atoms with van der Waals surface area (Å²) in [4.78, 5) is 79.7. The predicted molar refractivity (Wildman–Crippen MR) is 268 cm³/mol. The van der Waals surface area contributed by atoms with E-state index in [1.165, 1.54) is 22.9 Å². The molecule has 4 fully saturated rings. The molecule has 2 aromatic carbocycles. The van der Waals surface area contributed by atoms with E-state index in [1.807, 2.05) is 42.8 Å². The van der Waals surface area contributed by atoms with E-state index >= 15 is 8.78 Å². The van der Waals surface area contributed by atoms with Crippen molar-refractivity contribution in [3.8, 4) is 5.69 Å². The average Bonchev–Trinajstić information content (AvgIpc) is 4.06. The Morgan fingerprint density at radius 1 is 0.903 bits per heavy atom. The van der Waals surface area contributed by atoms with Crippen LogP contribution < -0.4 is 26.0 Å². The van der Waals surface area contributed by atoms with Gasteiger partial charge in [-0.05, 0) is 98.7 Å². The molecule has 376 valence electrons. The monoisotopic (exact) mass is 984 g/mol. The fourth-order valence-corrected chi connectivity index (χ4v) is 12.1. The minimum atomic E-state index is -1.47. The van der Waals surface area contributed by atoms with Crippen LogP contribution in [0.25, 0.3) is 22.3 Å². The summed E-state index contributed by atoms with van der Waals surface area (Å²) < 4.78 is 50.7. The number of piperidine rings is 2. The molecule has 1 unspecified atom stereocenters. The van der Waals surface area contributed by atoms with E-state index in [4.69, 9.17) is 0 Å². The lowest BCUT2D eigenvalue weighted by Gasteiger charge is -2.42. The number of carbonyl (C=O) groups excluding carboxylic acids is 4. The van der Waals surface area contributed by atoms with Gasteiger partial charge in [0.1, 0.15) is 23.2 Å². The highest BCUT2D eigenvalue weighted by molar-refractivity contribution is 6.15. The van der Waals surface area contributed by atoms with E-state index in [9.17, 15) is 28.4 Å². The van der Waals surface area contributed by atoms with Crippen molar-refractivity contribution in [3.05, 3.63) is 117 Å². The minimum Gasteiger partial charge on any atom is -0.386 e. The van der Waals surface area contributed by atoms with Gasteiger partial charge in [-0.15, -0.1) is 0 Å². The molecule has 3 saturated heterocycles. The van der Waals surface area contributed by atoms with Crippen LogP contribution in [0.1, 0.15) is 90.7 Å². The second-order valence-electron chi connectivity index (χ2n) is 20.6. The summed E-state index contributed by atoms with van der Waals surface area (Å²) in [6.07, 6.45) is 7.75. The number of likely N-dealkylation sites (tertiary alicyclic amines) is 1. The molecule has 1 saturated carbocycles. The molecule has 15 nitrogen and oxygen atoms in total. The number of amides is 4. The smallest absolute Gasteiger partial charge is 0.257 e. The Morgan fingerprint density at radius 2 is 1.67 bits per heavy atom. The van der Waals surface area contributed by atoms with Gasteiger partial charge in [-0.3, -0.25) is 48.6 Å². The van der Waals surface area contributed by atoms with Gasteiger partial charge in [0, 0.05) is 144 Å². The number of nitrogens with one attached hydrogen (secondary N) is 2. The molecule has 0 radical (unpaired) electrons. The molecule has 72 heavy (non-hydrogen) atoms. The number of hydrogen-bond acceptors (Lipinski definition) is 10. The van der Waals surface area contributed by atoms with E-state index in [1.54, 1.807) is 35.2 Å². The second kappa shape index (κ2) is 18.1. The third-order valence-electron chi connectivity index (χ3n) is 16.4. The van der Waals surface area contributed by atoms with Crippen molar-refractivity contribution in [2.45, 2.75) is 82.0 Å². The second-order valence-corrected chi connectivity index (χ2v) is 20.6. The number of benzene rings is 2. The molecule has 0 bridgehead atoms. The van der Waals surface area contributed by atoms with Gasteiger partial charge in [0.15, 0.2) is 5.82 Å². The number of carbonyl (C=O) groups is 4. The Hall–Kier alpha value is -6.79. The van der Waals surface area contributed by atoms with Crippen LogP contribution >= 0.6 is 0 Å². The summed E-state index contributed by atoms with van der Waals surface area (Å²) in [5.74, 6) is -2.12. The van der Waals surface area contributed by atoms with E-state index < -0.39 is 34.7 Å². The van der Waals surface area contributed by atoms with Crippen molar-refractivity contribution in [2.24, 2.45) is 7.05 Å². The van der Waals surface area contributed by atoms with Crippen LogP contribution in [0.5, 0.6) is 0 Å². The molecule has 2 N–H and O–H groups in total. The molecule has 5 aromatic rings. The molecule has 3 aromatic heterocycles. The maximum atomic E-state index is 16.5. The van der Waals surface area contributed by atoms with Crippen molar-refractivity contribution < 1.29 is 32.3 Å². The van der Waals surface area contributed by atoms with Crippen LogP contribution in [0.4, 0.5) is 30.2 Å². The predicted octanol–water partition coefficient (Wildman–Crippen LogP) is 6.15. The highest BCUT2D eigenvalue weighted by atomic mass is 19.1. The zero-order valence-electron chi connectivity index (χ0n) is 41.1. The summed E-state index contributed by atoms with van der Waals surface area (Å²) >= 11 is 0. The lowest BCUT2D eigenvalue weighted by atomic mass is 9.91.